The van der Waals surface area contributed by atoms with E-state index in [4.69, 9.17) is 5.73 Å². The number of carbonyl (C=O) groups excluding carboxylic acids is 1. The van der Waals surface area contributed by atoms with Gasteiger partial charge in [0.15, 0.2) is 0 Å². The first-order chi connectivity index (χ1) is 9.10. The number of rotatable bonds is 4. The summed E-state index contributed by atoms with van der Waals surface area (Å²) in [5.74, 6) is 6.68. The Balaban J connectivity index is 1.98. The molecular formula is C15H20N2OS. The molecule has 0 radical (unpaired) electrons. The van der Waals surface area contributed by atoms with Crippen molar-refractivity contribution in [2.75, 3.05) is 6.54 Å². The number of carbonyl (C=O) groups is 1. The molecular weight excluding hydrogens is 256 g/mol. The summed E-state index contributed by atoms with van der Waals surface area (Å²) >= 11 is 1.44. The first kappa shape index (κ1) is 14.1. The zero-order valence-electron chi connectivity index (χ0n) is 11.5. The Morgan fingerprint density at radius 1 is 1.63 bits per heavy atom. The van der Waals surface area contributed by atoms with E-state index in [-0.39, 0.29) is 11.9 Å². The molecule has 2 rings (SSSR count). The minimum absolute atomic E-state index is 0.0158. The highest BCUT2D eigenvalue weighted by atomic mass is 32.1. The number of hydrogen-bond donors (Lipinski definition) is 2. The molecule has 1 atom stereocenters. The van der Waals surface area contributed by atoms with Crippen LogP contribution >= 0.6 is 11.3 Å². The molecule has 102 valence electrons. The Morgan fingerprint density at radius 3 is 3.00 bits per heavy atom. The van der Waals surface area contributed by atoms with Gasteiger partial charge in [-0.15, -0.1) is 11.3 Å². The molecule has 1 aromatic rings. The maximum Gasteiger partial charge on any atom is 0.261 e. The number of hydrogen-bond acceptors (Lipinski definition) is 3. The highest BCUT2D eigenvalue weighted by molar-refractivity contribution is 7.14. The van der Waals surface area contributed by atoms with E-state index >= 15 is 0 Å². The molecule has 1 amide bonds. The van der Waals surface area contributed by atoms with Crippen LogP contribution in [0.4, 0.5) is 0 Å². The van der Waals surface area contributed by atoms with Crippen molar-refractivity contribution < 1.29 is 4.79 Å². The molecule has 1 aliphatic carbocycles. The molecule has 3 N–H and O–H groups in total. The molecule has 1 saturated carbocycles. The maximum atomic E-state index is 12.1. The summed E-state index contributed by atoms with van der Waals surface area (Å²) in [6.45, 7) is 4.39. The molecule has 1 fully saturated rings. The predicted molar refractivity (Wildman–Crippen MR) is 79.3 cm³/mol. The van der Waals surface area contributed by atoms with Gasteiger partial charge in [-0.3, -0.25) is 4.79 Å². The molecule has 0 bridgehead atoms. The first-order valence-corrected chi connectivity index (χ1v) is 7.52. The summed E-state index contributed by atoms with van der Waals surface area (Å²) in [5.41, 5.74) is 6.41. The van der Waals surface area contributed by atoms with Crippen molar-refractivity contribution in [3.63, 3.8) is 0 Å². The molecule has 19 heavy (non-hydrogen) atoms. The molecule has 1 aromatic heterocycles. The fourth-order valence-corrected chi connectivity index (χ4v) is 3.01. The van der Waals surface area contributed by atoms with Gasteiger partial charge < -0.3 is 11.1 Å². The van der Waals surface area contributed by atoms with Crippen molar-refractivity contribution in [1.82, 2.24) is 5.32 Å². The Labute approximate surface area is 118 Å². The minimum atomic E-state index is 0.0158. The number of nitrogens with two attached hydrogens (primary N) is 1. The number of amides is 1. The third-order valence-corrected chi connectivity index (χ3v) is 4.36. The molecule has 0 spiro atoms. The van der Waals surface area contributed by atoms with E-state index in [0.29, 0.717) is 6.54 Å². The van der Waals surface area contributed by atoms with Crippen LogP contribution < -0.4 is 11.1 Å². The lowest BCUT2D eigenvalue weighted by Crippen LogP contribution is -2.32. The Hall–Kier alpha value is -1.31. The van der Waals surface area contributed by atoms with E-state index in [1.54, 1.807) is 0 Å². The molecule has 1 aliphatic rings. The summed E-state index contributed by atoms with van der Waals surface area (Å²) in [6.07, 6.45) is 3.73. The van der Waals surface area contributed by atoms with Gasteiger partial charge in [-0.1, -0.05) is 24.7 Å². The van der Waals surface area contributed by atoms with Gasteiger partial charge in [-0.25, -0.2) is 0 Å². The van der Waals surface area contributed by atoms with Gasteiger partial charge >= 0.3 is 0 Å². The number of thiophene rings is 1. The molecule has 1 heterocycles. The zero-order chi connectivity index (χ0) is 13.8. The second-order valence-corrected chi connectivity index (χ2v) is 6.23. The summed E-state index contributed by atoms with van der Waals surface area (Å²) in [5, 5.41) is 3.06. The standard InChI is InChI=1S/C15H20N2OS/c1-10-8-14(19-13(10)4-3-7-16)15(18)17-11(2)9-12-5-6-12/h8,11-12H,5-7,9,16H2,1-2H3,(H,17,18). The highest BCUT2D eigenvalue weighted by Gasteiger charge is 2.24. The quantitative estimate of drug-likeness (QED) is 0.829. The number of aryl methyl sites for hydroxylation is 1. The van der Waals surface area contributed by atoms with Crippen LogP contribution in [0.5, 0.6) is 0 Å². The van der Waals surface area contributed by atoms with Gasteiger partial charge in [0.1, 0.15) is 0 Å². The summed E-state index contributed by atoms with van der Waals surface area (Å²) in [6, 6.07) is 2.16. The summed E-state index contributed by atoms with van der Waals surface area (Å²) in [4.78, 5) is 13.8. The van der Waals surface area contributed by atoms with Crippen LogP contribution in [0.2, 0.25) is 0 Å². The normalized spacial score (nSPS) is 15.5. The van der Waals surface area contributed by atoms with Crippen molar-refractivity contribution in [2.24, 2.45) is 11.7 Å². The van der Waals surface area contributed by atoms with Crippen LogP contribution in [0.15, 0.2) is 6.07 Å². The Morgan fingerprint density at radius 2 is 2.37 bits per heavy atom. The average Bonchev–Trinajstić information content (AvgIpc) is 3.08. The van der Waals surface area contributed by atoms with Gasteiger partial charge in [0, 0.05) is 6.04 Å². The fourth-order valence-electron chi connectivity index (χ4n) is 2.06. The molecule has 3 nitrogen and oxygen atoms in total. The Bertz CT molecular complexity index is 520. The minimum Gasteiger partial charge on any atom is -0.349 e. The van der Waals surface area contributed by atoms with Crippen molar-refractivity contribution in [1.29, 1.82) is 0 Å². The monoisotopic (exact) mass is 276 g/mol. The van der Waals surface area contributed by atoms with Crippen LogP contribution in [-0.4, -0.2) is 18.5 Å². The Kier molecular flexibility index (Phi) is 4.62. The van der Waals surface area contributed by atoms with E-state index < -0.39 is 0 Å². The third-order valence-electron chi connectivity index (χ3n) is 3.21. The molecule has 0 aromatic carbocycles. The number of nitrogens with one attached hydrogen (secondary N) is 1. The van der Waals surface area contributed by atoms with Crippen LogP contribution in [0, 0.1) is 24.7 Å². The largest absolute Gasteiger partial charge is 0.349 e. The van der Waals surface area contributed by atoms with Gasteiger partial charge in [-0.05, 0) is 37.8 Å². The molecule has 4 heteroatoms. The van der Waals surface area contributed by atoms with Crippen LogP contribution in [0.1, 0.15) is 46.3 Å². The van der Waals surface area contributed by atoms with E-state index in [0.717, 1.165) is 27.7 Å². The topological polar surface area (TPSA) is 55.1 Å². The maximum absolute atomic E-state index is 12.1. The smallest absolute Gasteiger partial charge is 0.261 e. The SMILES string of the molecule is Cc1cc(C(=O)NC(C)CC2CC2)sc1C#CCN. The average molecular weight is 276 g/mol. The summed E-state index contributed by atoms with van der Waals surface area (Å²) < 4.78 is 0. The van der Waals surface area contributed by atoms with Gasteiger partial charge in [0.05, 0.1) is 16.3 Å². The molecule has 0 saturated heterocycles. The van der Waals surface area contributed by atoms with E-state index in [9.17, 15) is 4.79 Å². The van der Waals surface area contributed by atoms with E-state index in [1.165, 1.54) is 24.2 Å². The van der Waals surface area contributed by atoms with Crippen molar-refractivity contribution >= 4 is 17.2 Å². The van der Waals surface area contributed by atoms with Crippen molar-refractivity contribution in [3.05, 3.63) is 21.4 Å². The van der Waals surface area contributed by atoms with E-state index in [2.05, 4.69) is 24.1 Å². The van der Waals surface area contributed by atoms with E-state index in [1.807, 2.05) is 13.0 Å². The van der Waals surface area contributed by atoms with Crippen LogP contribution in [0.3, 0.4) is 0 Å². The summed E-state index contributed by atoms with van der Waals surface area (Å²) in [7, 11) is 0. The predicted octanol–water partition coefficient (Wildman–Crippen LogP) is 2.29. The van der Waals surface area contributed by atoms with Gasteiger partial charge in [-0.2, -0.15) is 0 Å². The lowest BCUT2D eigenvalue weighted by Gasteiger charge is -2.12. The van der Waals surface area contributed by atoms with Gasteiger partial charge in [0.25, 0.3) is 5.91 Å². The lowest BCUT2D eigenvalue weighted by molar-refractivity contribution is 0.0941. The highest BCUT2D eigenvalue weighted by Crippen LogP contribution is 2.33. The molecule has 0 aliphatic heterocycles. The first-order valence-electron chi connectivity index (χ1n) is 6.70. The second-order valence-electron chi connectivity index (χ2n) is 5.18. The third kappa shape index (κ3) is 4.09. The second kappa shape index (κ2) is 6.23. The van der Waals surface area contributed by atoms with Crippen LogP contribution in [0.25, 0.3) is 0 Å². The van der Waals surface area contributed by atoms with Crippen molar-refractivity contribution in [2.45, 2.75) is 39.2 Å². The zero-order valence-corrected chi connectivity index (χ0v) is 12.3. The fraction of sp³-hybridized carbons (Fsp3) is 0.533. The lowest BCUT2D eigenvalue weighted by atomic mass is 10.1. The van der Waals surface area contributed by atoms with Gasteiger partial charge in [0.2, 0.25) is 0 Å². The van der Waals surface area contributed by atoms with Crippen LogP contribution in [-0.2, 0) is 0 Å². The molecule has 1 unspecified atom stereocenters. The van der Waals surface area contributed by atoms with Crippen molar-refractivity contribution in [3.8, 4) is 11.8 Å².